The number of benzene rings is 1. The summed E-state index contributed by atoms with van der Waals surface area (Å²) in [6.45, 7) is 4.72. The minimum Gasteiger partial charge on any atom is -0.336 e. The quantitative estimate of drug-likeness (QED) is 0.903. The van der Waals surface area contributed by atoms with Gasteiger partial charge in [-0.1, -0.05) is 30.2 Å². The number of hydrogen-bond acceptors (Lipinski definition) is 2. The summed E-state index contributed by atoms with van der Waals surface area (Å²) in [5.74, 6) is 0.547. The molecule has 0 aromatic heterocycles. The van der Waals surface area contributed by atoms with E-state index >= 15 is 0 Å². The third kappa shape index (κ3) is 4.45. The molecule has 0 unspecified atom stereocenters. The van der Waals surface area contributed by atoms with Crippen molar-refractivity contribution in [3.63, 3.8) is 0 Å². The third-order valence-electron chi connectivity index (χ3n) is 4.34. The lowest BCUT2D eigenvalue weighted by Crippen LogP contribution is -2.39. The molecule has 1 aliphatic rings. The predicted molar refractivity (Wildman–Crippen MR) is 87.1 cm³/mol. The van der Waals surface area contributed by atoms with Crippen molar-refractivity contribution in [1.82, 2.24) is 4.90 Å². The van der Waals surface area contributed by atoms with E-state index in [1.807, 2.05) is 29.2 Å². The molecule has 1 aliphatic carbocycles. The zero-order valence-electron chi connectivity index (χ0n) is 12.9. The smallest absolute Gasteiger partial charge is 0.223 e. The summed E-state index contributed by atoms with van der Waals surface area (Å²) in [5, 5.41) is 0.710. The van der Waals surface area contributed by atoms with Crippen LogP contribution in [0.25, 0.3) is 0 Å². The molecule has 2 N–H and O–H groups in total. The second-order valence-electron chi connectivity index (χ2n) is 6.30. The lowest BCUT2D eigenvalue weighted by atomic mass is 9.99. The van der Waals surface area contributed by atoms with E-state index in [1.165, 1.54) is 0 Å². The fourth-order valence-electron chi connectivity index (χ4n) is 3.05. The lowest BCUT2D eigenvalue weighted by molar-refractivity contribution is -0.134. The first-order chi connectivity index (χ1) is 9.97. The van der Waals surface area contributed by atoms with Crippen LogP contribution in [0.4, 0.5) is 0 Å². The van der Waals surface area contributed by atoms with E-state index in [4.69, 9.17) is 17.3 Å². The van der Waals surface area contributed by atoms with Crippen molar-refractivity contribution in [1.29, 1.82) is 0 Å². The first-order valence-corrected chi connectivity index (χ1v) is 8.14. The van der Waals surface area contributed by atoms with Crippen molar-refractivity contribution in [3.05, 3.63) is 34.9 Å². The number of halogens is 1. The van der Waals surface area contributed by atoms with Crippen LogP contribution < -0.4 is 5.73 Å². The molecule has 21 heavy (non-hydrogen) atoms. The van der Waals surface area contributed by atoms with Crippen LogP contribution in [0.2, 0.25) is 5.02 Å². The van der Waals surface area contributed by atoms with E-state index in [-0.39, 0.29) is 18.0 Å². The average molecular weight is 309 g/mol. The molecule has 3 nitrogen and oxygen atoms in total. The number of nitrogens with two attached hydrogens (primary N) is 1. The Morgan fingerprint density at radius 3 is 2.76 bits per heavy atom. The van der Waals surface area contributed by atoms with Crippen LogP contribution in [0.1, 0.15) is 45.1 Å². The van der Waals surface area contributed by atoms with Crippen molar-refractivity contribution >= 4 is 17.5 Å². The molecule has 116 valence electrons. The Morgan fingerprint density at radius 1 is 1.43 bits per heavy atom. The third-order valence-corrected chi connectivity index (χ3v) is 4.58. The van der Waals surface area contributed by atoms with E-state index in [1.54, 1.807) is 0 Å². The minimum atomic E-state index is 0.175. The van der Waals surface area contributed by atoms with Crippen LogP contribution in [0.15, 0.2) is 24.3 Å². The topological polar surface area (TPSA) is 46.3 Å². The molecule has 0 saturated heterocycles. The molecule has 0 bridgehead atoms. The number of carbonyl (C=O) groups excluding carboxylic acids is 1. The van der Waals surface area contributed by atoms with E-state index in [9.17, 15) is 4.79 Å². The highest BCUT2D eigenvalue weighted by Gasteiger charge is 2.28. The van der Waals surface area contributed by atoms with Gasteiger partial charge in [0.15, 0.2) is 0 Å². The van der Waals surface area contributed by atoms with Gasteiger partial charge in [-0.2, -0.15) is 0 Å². The van der Waals surface area contributed by atoms with Gasteiger partial charge in [-0.25, -0.2) is 0 Å². The number of carbonyl (C=O) groups is 1. The summed E-state index contributed by atoms with van der Waals surface area (Å²) < 4.78 is 0. The largest absolute Gasteiger partial charge is 0.336 e. The van der Waals surface area contributed by atoms with Crippen molar-refractivity contribution in [2.24, 2.45) is 11.7 Å². The molecule has 0 heterocycles. The highest BCUT2D eigenvalue weighted by atomic mass is 35.5. The Kier molecular flexibility index (Phi) is 5.65. The van der Waals surface area contributed by atoms with Crippen LogP contribution in [0, 0.1) is 5.92 Å². The maximum atomic E-state index is 12.6. The second-order valence-corrected chi connectivity index (χ2v) is 6.74. The van der Waals surface area contributed by atoms with E-state index in [2.05, 4.69) is 13.8 Å². The molecule has 1 aromatic carbocycles. The molecular formula is C17H25ClN2O. The number of hydrogen-bond donors (Lipinski definition) is 1. The van der Waals surface area contributed by atoms with Gasteiger partial charge in [-0.05, 0) is 50.3 Å². The zero-order chi connectivity index (χ0) is 15.4. The van der Waals surface area contributed by atoms with Gasteiger partial charge in [0.1, 0.15) is 0 Å². The van der Waals surface area contributed by atoms with Crippen molar-refractivity contribution in [3.8, 4) is 0 Å². The van der Waals surface area contributed by atoms with Crippen LogP contribution in [-0.2, 0) is 11.3 Å². The summed E-state index contributed by atoms with van der Waals surface area (Å²) in [6.07, 6.45) is 3.85. The summed E-state index contributed by atoms with van der Waals surface area (Å²) in [7, 11) is 0. The van der Waals surface area contributed by atoms with Crippen molar-refractivity contribution in [2.45, 2.75) is 58.2 Å². The van der Waals surface area contributed by atoms with E-state index in [0.29, 0.717) is 23.9 Å². The standard InChI is InChI=1S/C17H25ClN2O/c1-12(2)20(11-13-5-3-7-15(18)9-13)17(21)10-14-6-4-8-16(14)19/h3,5,7,9,12,14,16H,4,6,8,10-11,19H2,1-2H3/t14-,16+/m0/s1. The first-order valence-electron chi connectivity index (χ1n) is 7.77. The van der Waals surface area contributed by atoms with E-state index in [0.717, 1.165) is 24.8 Å². The summed E-state index contributed by atoms with van der Waals surface area (Å²) in [6, 6.07) is 8.07. The molecule has 2 rings (SSSR count). The number of rotatable bonds is 5. The molecule has 2 atom stereocenters. The zero-order valence-corrected chi connectivity index (χ0v) is 13.6. The molecule has 1 fully saturated rings. The Bertz CT molecular complexity index is 489. The number of nitrogens with zero attached hydrogens (tertiary/aromatic N) is 1. The SMILES string of the molecule is CC(C)N(Cc1cccc(Cl)c1)C(=O)C[C@@H]1CCC[C@H]1N. The van der Waals surface area contributed by atoms with Crippen LogP contribution >= 0.6 is 11.6 Å². The molecular weight excluding hydrogens is 284 g/mol. The molecule has 0 spiro atoms. The second kappa shape index (κ2) is 7.28. The van der Waals surface area contributed by atoms with Crippen LogP contribution in [-0.4, -0.2) is 22.9 Å². The average Bonchev–Trinajstić information content (AvgIpc) is 2.81. The fourth-order valence-corrected chi connectivity index (χ4v) is 3.26. The van der Waals surface area contributed by atoms with Gasteiger partial charge in [0.25, 0.3) is 0 Å². The van der Waals surface area contributed by atoms with Crippen LogP contribution in [0.5, 0.6) is 0 Å². The monoisotopic (exact) mass is 308 g/mol. The number of amides is 1. The van der Waals surface area contributed by atoms with Gasteiger partial charge in [-0.15, -0.1) is 0 Å². The summed E-state index contributed by atoms with van der Waals surface area (Å²) in [5.41, 5.74) is 7.16. The van der Waals surface area contributed by atoms with Gasteiger partial charge in [0.05, 0.1) is 0 Å². The molecule has 1 amide bonds. The van der Waals surface area contributed by atoms with Crippen molar-refractivity contribution < 1.29 is 4.79 Å². The Hall–Kier alpha value is -1.06. The van der Waals surface area contributed by atoms with Gasteiger partial charge in [0, 0.05) is 30.1 Å². The predicted octanol–water partition coefficient (Wildman–Crippen LogP) is 3.59. The molecule has 1 saturated carbocycles. The summed E-state index contributed by atoms with van der Waals surface area (Å²) >= 11 is 6.02. The summed E-state index contributed by atoms with van der Waals surface area (Å²) in [4.78, 5) is 14.5. The minimum absolute atomic E-state index is 0.175. The maximum absolute atomic E-state index is 12.6. The normalized spacial score (nSPS) is 21.8. The lowest BCUT2D eigenvalue weighted by Gasteiger charge is -2.29. The molecule has 0 aliphatic heterocycles. The molecule has 0 radical (unpaired) electrons. The highest BCUT2D eigenvalue weighted by Crippen LogP contribution is 2.28. The van der Waals surface area contributed by atoms with E-state index < -0.39 is 0 Å². The highest BCUT2D eigenvalue weighted by molar-refractivity contribution is 6.30. The van der Waals surface area contributed by atoms with Gasteiger partial charge in [-0.3, -0.25) is 4.79 Å². The maximum Gasteiger partial charge on any atom is 0.223 e. The molecule has 1 aromatic rings. The Labute approximate surface area is 132 Å². The van der Waals surface area contributed by atoms with Gasteiger partial charge in [0.2, 0.25) is 5.91 Å². The molecule has 4 heteroatoms. The first kappa shape index (κ1) is 16.3. The van der Waals surface area contributed by atoms with Gasteiger partial charge >= 0.3 is 0 Å². The van der Waals surface area contributed by atoms with Crippen molar-refractivity contribution in [2.75, 3.05) is 0 Å². The Morgan fingerprint density at radius 2 is 2.19 bits per heavy atom. The fraction of sp³-hybridized carbons (Fsp3) is 0.588. The van der Waals surface area contributed by atoms with Gasteiger partial charge < -0.3 is 10.6 Å². The Balaban J connectivity index is 2.02. The van der Waals surface area contributed by atoms with Crippen LogP contribution in [0.3, 0.4) is 0 Å².